The molecule has 1 atom stereocenters. The molecule has 0 spiro atoms. The molecule has 8 heteroatoms. The highest BCUT2D eigenvalue weighted by atomic mass is 19.1. The molecular weight excluding hydrogens is 347 g/mol. The molecule has 2 rings (SSSR count). The Balaban J connectivity index is 1.98. The Labute approximate surface area is 160 Å². The summed E-state index contributed by atoms with van der Waals surface area (Å²) in [5.41, 5.74) is 0.825. The lowest BCUT2D eigenvalue weighted by molar-refractivity contribution is 0.386. The molecule has 0 aliphatic carbocycles. The standard InChI is InChI=1S/C19H29FN6O/c1-5-9-21-19(22-10-11-26-13-23-25-18(26)6-2)24-14(3)15-7-8-17(27-4)16(20)12-15/h7-8,12-14H,5-6,9-11H2,1-4H3,(H2,21,22,24). The number of hydrogen-bond donors (Lipinski definition) is 2. The lowest BCUT2D eigenvalue weighted by Gasteiger charge is -2.19. The number of rotatable bonds is 9. The number of aryl methyl sites for hydroxylation is 1. The van der Waals surface area contributed by atoms with Crippen molar-refractivity contribution in [1.82, 2.24) is 25.4 Å². The van der Waals surface area contributed by atoms with E-state index in [0.29, 0.717) is 19.0 Å². The molecule has 1 heterocycles. The van der Waals surface area contributed by atoms with Crippen LogP contribution in [0, 0.1) is 5.82 Å². The molecule has 0 aliphatic heterocycles. The van der Waals surface area contributed by atoms with Gasteiger partial charge in [-0.2, -0.15) is 0 Å². The number of aliphatic imine (C=N–C) groups is 1. The molecule has 1 unspecified atom stereocenters. The van der Waals surface area contributed by atoms with Crippen LogP contribution in [0.4, 0.5) is 4.39 Å². The third-order valence-corrected chi connectivity index (χ3v) is 4.18. The number of methoxy groups -OCH3 is 1. The number of hydrogen-bond acceptors (Lipinski definition) is 4. The number of benzene rings is 1. The summed E-state index contributed by atoms with van der Waals surface area (Å²) in [6.07, 6.45) is 3.53. The summed E-state index contributed by atoms with van der Waals surface area (Å²) in [6.45, 7) is 8.25. The van der Waals surface area contributed by atoms with Crippen LogP contribution in [0.5, 0.6) is 5.75 Å². The minimum Gasteiger partial charge on any atom is -0.494 e. The second kappa shape index (κ2) is 10.5. The van der Waals surface area contributed by atoms with Crippen molar-refractivity contribution in [2.75, 3.05) is 20.2 Å². The molecule has 0 saturated carbocycles. The van der Waals surface area contributed by atoms with Crippen molar-refractivity contribution < 1.29 is 9.13 Å². The maximum Gasteiger partial charge on any atom is 0.191 e. The largest absolute Gasteiger partial charge is 0.494 e. The van der Waals surface area contributed by atoms with Crippen molar-refractivity contribution in [3.05, 3.63) is 41.7 Å². The zero-order valence-electron chi connectivity index (χ0n) is 16.5. The van der Waals surface area contributed by atoms with Crippen LogP contribution in [-0.4, -0.2) is 40.9 Å². The molecule has 2 aromatic rings. The molecular formula is C19H29FN6O. The van der Waals surface area contributed by atoms with Crippen molar-refractivity contribution in [1.29, 1.82) is 0 Å². The second-order valence-corrected chi connectivity index (χ2v) is 6.21. The van der Waals surface area contributed by atoms with Crippen LogP contribution >= 0.6 is 0 Å². The first-order chi connectivity index (χ1) is 13.1. The Hall–Kier alpha value is -2.64. The summed E-state index contributed by atoms with van der Waals surface area (Å²) in [4.78, 5) is 4.56. The fraction of sp³-hybridized carbons (Fsp3) is 0.526. The van der Waals surface area contributed by atoms with Crippen LogP contribution in [0.1, 0.15) is 44.6 Å². The number of halogens is 1. The number of nitrogens with one attached hydrogen (secondary N) is 2. The number of aromatic nitrogens is 3. The van der Waals surface area contributed by atoms with Crippen molar-refractivity contribution in [2.24, 2.45) is 4.99 Å². The monoisotopic (exact) mass is 376 g/mol. The minimum absolute atomic E-state index is 0.102. The SMILES string of the molecule is CCCN=C(NCCn1cnnc1CC)NC(C)c1ccc(OC)c(F)c1. The fourth-order valence-electron chi connectivity index (χ4n) is 2.65. The highest BCUT2D eigenvalue weighted by Crippen LogP contribution is 2.21. The van der Waals surface area contributed by atoms with Crippen LogP contribution in [0.15, 0.2) is 29.5 Å². The second-order valence-electron chi connectivity index (χ2n) is 6.21. The molecule has 0 radical (unpaired) electrons. The molecule has 0 amide bonds. The third kappa shape index (κ3) is 5.94. The van der Waals surface area contributed by atoms with E-state index in [9.17, 15) is 4.39 Å². The zero-order chi connectivity index (χ0) is 19.6. The van der Waals surface area contributed by atoms with Gasteiger partial charge in [0.25, 0.3) is 0 Å². The summed E-state index contributed by atoms with van der Waals surface area (Å²) in [5.74, 6) is 1.53. The maximum atomic E-state index is 14.0. The van der Waals surface area contributed by atoms with Gasteiger partial charge < -0.3 is 19.9 Å². The van der Waals surface area contributed by atoms with Gasteiger partial charge in [0.15, 0.2) is 17.5 Å². The Morgan fingerprint density at radius 1 is 1.37 bits per heavy atom. The highest BCUT2D eigenvalue weighted by Gasteiger charge is 2.11. The van der Waals surface area contributed by atoms with Crippen molar-refractivity contribution in [3.63, 3.8) is 0 Å². The summed E-state index contributed by atoms with van der Waals surface area (Å²) < 4.78 is 21.0. The van der Waals surface area contributed by atoms with Gasteiger partial charge in [-0.25, -0.2) is 4.39 Å². The first kappa shape index (κ1) is 20.7. The van der Waals surface area contributed by atoms with E-state index in [0.717, 1.165) is 30.8 Å². The van der Waals surface area contributed by atoms with E-state index < -0.39 is 0 Å². The van der Waals surface area contributed by atoms with Gasteiger partial charge in [-0.1, -0.05) is 19.9 Å². The van der Waals surface area contributed by atoms with E-state index in [1.807, 2.05) is 17.6 Å². The average molecular weight is 376 g/mol. The van der Waals surface area contributed by atoms with Gasteiger partial charge in [-0.15, -0.1) is 10.2 Å². The molecule has 1 aromatic heterocycles. The van der Waals surface area contributed by atoms with Crippen molar-refractivity contribution >= 4 is 5.96 Å². The molecule has 27 heavy (non-hydrogen) atoms. The molecule has 148 valence electrons. The van der Waals surface area contributed by atoms with Crippen LogP contribution in [-0.2, 0) is 13.0 Å². The maximum absolute atomic E-state index is 14.0. The summed E-state index contributed by atoms with van der Waals surface area (Å²) in [5, 5.41) is 14.7. The van der Waals surface area contributed by atoms with Gasteiger partial charge in [-0.05, 0) is 31.0 Å². The summed E-state index contributed by atoms with van der Waals surface area (Å²) in [7, 11) is 1.46. The fourth-order valence-corrected chi connectivity index (χ4v) is 2.65. The smallest absolute Gasteiger partial charge is 0.191 e. The van der Waals surface area contributed by atoms with Gasteiger partial charge in [0.1, 0.15) is 12.2 Å². The Morgan fingerprint density at radius 3 is 2.85 bits per heavy atom. The third-order valence-electron chi connectivity index (χ3n) is 4.18. The minimum atomic E-state index is -0.372. The molecule has 1 aromatic carbocycles. The predicted molar refractivity (Wildman–Crippen MR) is 104 cm³/mol. The van der Waals surface area contributed by atoms with E-state index in [-0.39, 0.29) is 17.6 Å². The van der Waals surface area contributed by atoms with E-state index in [4.69, 9.17) is 4.74 Å². The van der Waals surface area contributed by atoms with Gasteiger partial charge in [0, 0.05) is 26.1 Å². The van der Waals surface area contributed by atoms with Gasteiger partial charge in [-0.3, -0.25) is 4.99 Å². The molecule has 2 N–H and O–H groups in total. The van der Waals surface area contributed by atoms with Crippen molar-refractivity contribution in [2.45, 2.75) is 46.2 Å². The van der Waals surface area contributed by atoms with Gasteiger partial charge >= 0.3 is 0 Å². The van der Waals surface area contributed by atoms with E-state index >= 15 is 0 Å². The normalized spacial score (nSPS) is 12.7. The first-order valence-electron chi connectivity index (χ1n) is 9.34. The van der Waals surface area contributed by atoms with Gasteiger partial charge in [0.2, 0.25) is 0 Å². The quantitative estimate of drug-likeness (QED) is 0.520. The Bertz CT molecular complexity index is 746. The van der Waals surface area contributed by atoms with E-state index in [1.54, 1.807) is 12.4 Å². The lowest BCUT2D eigenvalue weighted by Crippen LogP contribution is -2.40. The molecule has 0 bridgehead atoms. The number of ether oxygens (including phenoxy) is 1. The molecule has 0 fully saturated rings. The van der Waals surface area contributed by atoms with Crippen LogP contribution < -0.4 is 15.4 Å². The highest BCUT2D eigenvalue weighted by molar-refractivity contribution is 5.80. The summed E-state index contributed by atoms with van der Waals surface area (Å²) >= 11 is 0. The zero-order valence-corrected chi connectivity index (χ0v) is 16.5. The summed E-state index contributed by atoms with van der Waals surface area (Å²) in [6, 6.07) is 4.87. The Morgan fingerprint density at radius 2 is 2.19 bits per heavy atom. The molecule has 7 nitrogen and oxygen atoms in total. The van der Waals surface area contributed by atoms with Crippen LogP contribution in [0.25, 0.3) is 0 Å². The topological polar surface area (TPSA) is 76.4 Å². The Kier molecular flexibility index (Phi) is 8.03. The van der Waals surface area contributed by atoms with Gasteiger partial charge in [0.05, 0.1) is 13.2 Å². The average Bonchev–Trinajstić information content (AvgIpc) is 3.13. The van der Waals surface area contributed by atoms with E-state index in [2.05, 4.69) is 39.7 Å². The first-order valence-corrected chi connectivity index (χ1v) is 9.34. The predicted octanol–water partition coefficient (Wildman–Crippen LogP) is 2.69. The molecule has 0 saturated heterocycles. The van der Waals surface area contributed by atoms with E-state index in [1.165, 1.54) is 13.2 Å². The van der Waals surface area contributed by atoms with Crippen LogP contribution in [0.2, 0.25) is 0 Å². The number of nitrogens with zero attached hydrogens (tertiary/aromatic N) is 4. The van der Waals surface area contributed by atoms with Crippen LogP contribution in [0.3, 0.4) is 0 Å². The lowest BCUT2D eigenvalue weighted by atomic mass is 10.1. The molecule has 0 aliphatic rings. The number of guanidine groups is 1. The van der Waals surface area contributed by atoms with Crippen molar-refractivity contribution in [3.8, 4) is 5.75 Å².